The number of carbonyl (C=O) groups excluding carboxylic acids is 1. The van der Waals surface area contributed by atoms with E-state index in [9.17, 15) is 18.0 Å². The van der Waals surface area contributed by atoms with E-state index in [0.717, 1.165) is 49.7 Å². The zero-order valence-corrected chi connectivity index (χ0v) is 15.3. The molecule has 2 saturated heterocycles. The van der Waals surface area contributed by atoms with Gasteiger partial charge >= 0.3 is 6.18 Å². The summed E-state index contributed by atoms with van der Waals surface area (Å²) in [6.45, 7) is 4.33. The van der Waals surface area contributed by atoms with E-state index in [2.05, 4.69) is 4.90 Å². The Labute approximate surface area is 155 Å². The zero-order chi connectivity index (χ0) is 18.6. The number of benzene rings is 1. The molecule has 144 valence electrons. The van der Waals surface area contributed by atoms with Crippen LogP contribution in [0.4, 0.5) is 13.2 Å². The van der Waals surface area contributed by atoms with Crippen molar-refractivity contribution in [1.82, 2.24) is 9.80 Å². The van der Waals surface area contributed by atoms with Crippen molar-refractivity contribution in [1.29, 1.82) is 0 Å². The lowest BCUT2D eigenvalue weighted by Crippen LogP contribution is -2.50. The summed E-state index contributed by atoms with van der Waals surface area (Å²) < 4.78 is 44.3. The molecule has 3 rings (SSSR count). The molecular formula is C18H23F3N2O2S. The molecule has 0 N–H and O–H groups in total. The second kappa shape index (κ2) is 8.63. The standard InChI is InChI=1S/C18H23F3N2O2S/c19-18(20,21)15-4-1-3-14(11-15)17(24)23-5-2-10-26-13-16(23)12-22-6-8-25-9-7-22/h1,3-4,11,16H,2,5-10,12-13H2. The van der Waals surface area contributed by atoms with Crippen molar-refractivity contribution in [3.8, 4) is 0 Å². The summed E-state index contributed by atoms with van der Waals surface area (Å²) in [5, 5.41) is 0. The molecule has 2 aliphatic rings. The van der Waals surface area contributed by atoms with E-state index in [1.165, 1.54) is 12.1 Å². The van der Waals surface area contributed by atoms with Gasteiger partial charge in [-0.2, -0.15) is 24.9 Å². The molecule has 1 unspecified atom stereocenters. The molecule has 0 bridgehead atoms. The number of hydrogen-bond donors (Lipinski definition) is 0. The largest absolute Gasteiger partial charge is 0.416 e. The minimum Gasteiger partial charge on any atom is -0.379 e. The van der Waals surface area contributed by atoms with Crippen molar-refractivity contribution in [3.05, 3.63) is 35.4 Å². The van der Waals surface area contributed by atoms with Gasteiger partial charge in [0.15, 0.2) is 0 Å². The van der Waals surface area contributed by atoms with E-state index in [-0.39, 0.29) is 17.5 Å². The molecular weight excluding hydrogens is 365 g/mol. The molecule has 0 radical (unpaired) electrons. The Morgan fingerprint density at radius 1 is 1.23 bits per heavy atom. The third-order valence-corrected chi connectivity index (χ3v) is 5.91. The maximum Gasteiger partial charge on any atom is 0.416 e. The van der Waals surface area contributed by atoms with E-state index in [0.29, 0.717) is 19.8 Å². The molecule has 26 heavy (non-hydrogen) atoms. The highest BCUT2D eigenvalue weighted by atomic mass is 32.2. The summed E-state index contributed by atoms with van der Waals surface area (Å²) in [6, 6.07) is 4.75. The number of morpholine rings is 1. The molecule has 1 amide bonds. The number of rotatable bonds is 3. The molecule has 4 nitrogen and oxygen atoms in total. The molecule has 8 heteroatoms. The van der Waals surface area contributed by atoms with Gasteiger partial charge in [-0.05, 0) is 30.4 Å². The summed E-state index contributed by atoms with van der Waals surface area (Å²) in [5.74, 6) is 1.46. The van der Waals surface area contributed by atoms with Gasteiger partial charge in [-0.1, -0.05) is 6.07 Å². The van der Waals surface area contributed by atoms with Gasteiger partial charge in [-0.15, -0.1) is 0 Å². The molecule has 1 atom stereocenters. The van der Waals surface area contributed by atoms with Gasteiger partial charge in [0.25, 0.3) is 5.91 Å². The Bertz CT molecular complexity index is 621. The zero-order valence-electron chi connectivity index (χ0n) is 14.5. The van der Waals surface area contributed by atoms with Crippen LogP contribution in [0, 0.1) is 0 Å². The van der Waals surface area contributed by atoms with E-state index < -0.39 is 11.7 Å². The smallest absolute Gasteiger partial charge is 0.379 e. The Kier molecular flexibility index (Phi) is 6.47. The molecule has 1 aromatic carbocycles. The second-order valence-electron chi connectivity index (χ2n) is 6.57. The van der Waals surface area contributed by atoms with Crippen molar-refractivity contribution in [3.63, 3.8) is 0 Å². The number of halogens is 3. The number of carbonyl (C=O) groups is 1. The Balaban J connectivity index is 1.77. The first kappa shape index (κ1) is 19.5. The van der Waals surface area contributed by atoms with Crippen LogP contribution in [0.3, 0.4) is 0 Å². The van der Waals surface area contributed by atoms with Gasteiger partial charge in [-0.25, -0.2) is 0 Å². The Hall–Kier alpha value is -1.25. The van der Waals surface area contributed by atoms with Gasteiger partial charge in [0.1, 0.15) is 0 Å². The van der Waals surface area contributed by atoms with E-state index in [1.54, 1.807) is 16.7 Å². The Morgan fingerprint density at radius 2 is 2.00 bits per heavy atom. The molecule has 0 saturated carbocycles. The van der Waals surface area contributed by atoms with Crippen molar-refractivity contribution >= 4 is 17.7 Å². The highest BCUT2D eigenvalue weighted by Gasteiger charge is 2.33. The summed E-state index contributed by atoms with van der Waals surface area (Å²) >= 11 is 1.80. The SMILES string of the molecule is O=C(c1cccc(C(F)(F)F)c1)N1CCCSCC1CN1CCOCC1. The summed E-state index contributed by atoms with van der Waals surface area (Å²) in [4.78, 5) is 17.0. The highest BCUT2D eigenvalue weighted by Crippen LogP contribution is 2.30. The predicted molar refractivity (Wildman–Crippen MR) is 95.5 cm³/mol. The fourth-order valence-electron chi connectivity index (χ4n) is 3.32. The van der Waals surface area contributed by atoms with Crippen LogP contribution in [0.5, 0.6) is 0 Å². The number of thioether (sulfide) groups is 1. The van der Waals surface area contributed by atoms with E-state index >= 15 is 0 Å². The average Bonchev–Trinajstić information content (AvgIpc) is 2.87. The van der Waals surface area contributed by atoms with Crippen molar-refractivity contribution < 1.29 is 22.7 Å². The number of nitrogens with zero attached hydrogens (tertiary/aromatic N) is 2. The summed E-state index contributed by atoms with van der Waals surface area (Å²) in [5.41, 5.74) is -0.670. The van der Waals surface area contributed by atoms with Crippen molar-refractivity contribution in [2.75, 3.05) is 50.9 Å². The second-order valence-corrected chi connectivity index (χ2v) is 7.72. The van der Waals surface area contributed by atoms with E-state index in [4.69, 9.17) is 4.74 Å². The van der Waals surface area contributed by atoms with Crippen molar-refractivity contribution in [2.24, 2.45) is 0 Å². The molecule has 2 fully saturated rings. The minimum atomic E-state index is -4.45. The quantitative estimate of drug-likeness (QED) is 0.797. The van der Waals surface area contributed by atoms with Gasteiger partial charge in [0, 0.05) is 37.5 Å². The molecule has 0 aliphatic carbocycles. The lowest BCUT2D eigenvalue weighted by molar-refractivity contribution is -0.137. The van der Waals surface area contributed by atoms with Crippen molar-refractivity contribution in [2.45, 2.75) is 18.6 Å². The monoisotopic (exact) mass is 388 g/mol. The Morgan fingerprint density at radius 3 is 2.73 bits per heavy atom. The van der Waals surface area contributed by atoms with Gasteiger partial charge in [0.2, 0.25) is 0 Å². The topological polar surface area (TPSA) is 32.8 Å². The predicted octanol–water partition coefficient (Wildman–Crippen LogP) is 2.99. The van der Waals surface area contributed by atoms with Crippen LogP contribution in [-0.4, -0.2) is 72.6 Å². The normalized spacial score (nSPS) is 22.9. The van der Waals surface area contributed by atoms with Crippen LogP contribution >= 0.6 is 11.8 Å². The van der Waals surface area contributed by atoms with Gasteiger partial charge in [0.05, 0.1) is 24.8 Å². The molecule has 1 aromatic rings. The fraction of sp³-hybridized carbons (Fsp3) is 0.611. The molecule has 2 aliphatic heterocycles. The molecule has 0 spiro atoms. The average molecular weight is 388 g/mol. The minimum absolute atomic E-state index is 0.00245. The molecule has 2 heterocycles. The summed E-state index contributed by atoms with van der Waals surface area (Å²) in [6.07, 6.45) is -3.59. The summed E-state index contributed by atoms with van der Waals surface area (Å²) in [7, 11) is 0. The lowest BCUT2D eigenvalue weighted by Gasteiger charge is -2.35. The number of ether oxygens (including phenoxy) is 1. The van der Waals surface area contributed by atoms with Gasteiger partial charge < -0.3 is 9.64 Å². The highest BCUT2D eigenvalue weighted by molar-refractivity contribution is 7.99. The lowest BCUT2D eigenvalue weighted by atomic mass is 10.1. The maximum absolute atomic E-state index is 13.0. The van der Waals surface area contributed by atoms with Crippen LogP contribution in [0.2, 0.25) is 0 Å². The fourth-order valence-corrected chi connectivity index (χ4v) is 4.38. The number of amides is 1. The van der Waals surface area contributed by atoms with Crippen LogP contribution in [0.25, 0.3) is 0 Å². The first-order valence-electron chi connectivity index (χ1n) is 8.81. The van der Waals surface area contributed by atoms with Crippen LogP contribution in [0.15, 0.2) is 24.3 Å². The van der Waals surface area contributed by atoms with Crippen LogP contribution < -0.4 is 0 Å². The first-order chi connectivity index (χ1) is 12.4. The van der Waals surface area contributed by atoms with Crippen LogP contribution in [-0.2, 0) is 10.9 Å². The third kappa shape index (κ3) is 4.92. The van der Waals surface area contributed by atoms with Crippen LogP contribution in [0.1, 0.15) is 22.3 Å². The first-order valence-corrected chi connectivity index (χ1v) is 9.97. The number of alkyl halides is 3. The number of hydrogen-bond acceptors (Lipinski definition) is 4. The maximum atomic E-state index is 13.0. The van der Waals surface area contributed by atoms with E-state index in [1.807, 2.05) is 0 Å². The molecule has 0 aromatic heterocycles. The third-order valence-electron chi connectivity index (χ3n) is 4.71. The van der Waals surface area contributed by atoms with Gasteiger partial charge in [-0.3, -0.25) is 9.69 Å².